The minimum absolute atomic E-state index is 0.446. The van der Waals surface area contributed by atoms with Crippen molar-refractivity contribution in [2.75, 3.05) is 4.90 Å². The average Bonchev–Trinajstić information content (AvgIpc) is 4.48. The Bertz CT molecular complexity index is 4220. The summed E-state index contributed by atoms with van der Waals surface area (Å²) in [4.78, 5) is 2.63. The molecular weight excluding hydrogens is 915 g/mol. The number of hydrogen-bond donors (Lipinski definition) is 0. The summed E-state index contributed by atoms with van der Waals surface area (Å²) in [6.45, 7) is 0. The first-order valence-corrected chi connectivity index (χ1v) is 26.8. The first-order chi connectivity index (χ1) is 37.7. The molecule has 12 aromatic carbocycles. The summed E-state index contributed by atoms with van der Waals surface area (Å²) >= 11 is 0. The van der Waals surface area contributed by atoms with Gasteiger partial charge in [-0.15, -0.1) is 0 Å². The maximum Gasteiger partial charge on any atom is 0.0746 e. The number of anilines is 3. The minimum Gasteiger partial charge on any atom is -0.310 e. The summed E-state index contributed by atoms with van der Waals surface area (Å²) in [7, 11) is 0. The number of rotatable bonds is 3. The number of benzene rings is 12. The molecule has 0 saturated carbocycles. The van der Waals surface area contributed by atoms with Crippen molar-refractivity contribution < 1.29 is 0 Å². The zero-order valence-electron chi connectivity index (χ0n) is 41.4. The maximum absolute atomic E-state index is 2.63. The Hall–Kier alpha value is -9.56. The van der Waals surface area contributed by atoms with Crippen LogP contribution >= 0.6 is 0 Å². The van der Waals surface area contributed by atoms with Crippen LogP contribution in [0.25, 0.3) is 66.8 Å². The molecule has 0 fully saturated rings. The predicted octanol–water partition coefficient (Wildman–Crippen LogP) is 18.2. The topological polar surface area (TPSA) is 3.24 Å². The van der Waals surface area contributed by atoms with Crippen LogP contribution in [0.2, 0.25) is 0 Å². The van der Waals surface area contributed by atoms with Gasteiger partial charge in [-0.1, -0.05) is 243 Å². The van der Waals surface area contributed by atoms with Crippen LogP contribution in [0.1, 0.15) is 66.8 Å². The molecule has 0 unspecified atom stereocenters. The van der Waals surface area contributed by atoms with Crippen molar-refractivity contribution in [1.29, 1.82) is 0 Å². The molecule has 0 bridgehead atoms. The van der Waals surface area contributed by atoms with Gasteiger partial charge in [0, 0.05) is 16.9 Å². The molecule has 0 amide bonds. The second kappa shape index (κ2) is 14.4. The van der Waals surface area contributed by atoms with Crippen LogP contribution in [0.15, 0.2) is 273 Å². The van der Waals surface area contributed by atoms with Gasteiger partial charge in [0.15, 0.2) is 0 Å². The van der Waals surface area contributed by atoms with E-state index in [2.05, 4.69) is 278 Å². The lowest BCUT2D eigenvalue weighted by atomic mass is 9.70. The molecule has 6 aliphatic carbocycles. The van der Waals surface area contributed by atoms with E-state index in [1.165, 1.54) is 139 Å². The van der Waals surface area contributed by atoms with E-state index in [9.17, 15) is 0 Å². The van der Waals surface area contributed by atoms with E-state index in [4.69, 9.17) is 0 Å². The maximum atomic E-state index is 2.63. The molecule has 1 nitrogen and oxygen atoms in total. The van der Waals surface area contributed by atoms with Crippen molar-refractivity contribution in [2.24, 2.45) is 0 Å². The van der Waals surface area contributed by atoms with Crippen molar-refractivity contribution in [3.05, 3.63) is 340 Å². The first kappa shape index (κ1) is 40.9. The van der Waals surface area contributed by atoms with Crippen LogP contribution in [0, 0.1) is 0 Å². The normalized spacial score (nSPS) is 15.2. The lowest BCUT2D eigenvalue weighted by Crippen LogP contribution is -2.28. The number of nitrogens with zero attached hydrogens (tertiary/aromatic N) is 1. The number of fused-ring (bicyclic) bond motifs is 30. The van der Waals surface area contributed by atoms with Crippen molar-refractivity contribution in [3.8, 4) is 66.8 Å². The summed E-state index contributed by atoms with van der Waals surface area (Å²) in [6, 6.07) is 104. The molecule has 0 N–H and O–H groups in total. The largest absolute Gasteiger partial charge is 0.310 e. The van der Waals surface area contributed by atoms with Crippen molar-refractivity contribution >= 4 is 17.1 Å². The molecule has 3 spiro atoms. The van der Waals surface area contributed by atoms with E-state index in [1.807, 2.05) is 0 Å². The summed E-state index contributed by atoms with van der Waals surface area (Å²) in [6.07, 6.45) is 0. The molecule has 0 aliphatic heterocycles. The lowest BCUT2D eigenvalue weighted by molar-refractivity contribution is 0.791. The molecule has 0 atom stereocenters. The SMILES string of the molecule is c1ccc2c(c1)-c1ccccc1C21c2ccccc2-c2cc(N(c3ccc4c(c3)-c3ccccc3C43c4ccccc4-c4ccccc43)c3cccc4c3C3(c5ccccc5-c5ccccc53)c3ccccc3-4)ccc21. The summed E-state index contributed by atoms with van der Waals surface area (Å²) < 4.78 is 0. The fourth-order valence-corrected chi connectivity index (χ4v) is 16.2. The highest BCUT2D eigenvalue weighted by molar-refractivity contribution is 6.03. The molecule has 1 heteroatoms. The molecular formula is C75H45N. The molecule has 76 heavy (non-hydrogen) atoms. The van der Waals surface area contributed by atoms with Gasteiger partial charge in [-0.05, 0) is 158 Å². The van der Waals surface area contributed by atoms with Gasteiger partial charge in [-0.3, -0.25) is 0 Å². The van der Waals surface area contributed by atoms with Crippen LogP contribution in [0.4, 0.5) is 17.1 Å². The smallest absolute Gasteiger partial charge is 0.0746 e. The van der Waals surface area contributed by atoms with Gasteiger partial charge in [0.2, 0.25) is 0 Å². The molecule has 12 aromatic rings. The Morgan fingerprint density at radius 2 is 0.421 bits per heavy atom. The highest BCUT2D eigenvalue weighted by atomic mass is 15.1. The Labute approximate surface area is 442 Å². The van der Waals surface area contributed by atoms with Crippen LogP contribution in [0.5, 0.6) is 0 Å². The second-order valence-corrected chi connectivity index (χ2v) is 21.7. The molecule has 0 aromatic heterocycles. The highest BCUT2D eigenvalue weighted by Gasteiger charge is 2.56. The highest BCUT2D eigenvalue weighted by Crippen LogP contribution is 2.68. The van der Waals surface area contributed by atoms with Gasteiger partial charge in [0.25, 0.3) is 0 Å². The van der Waals surface area contributed by atoms with E-state index in [1.54, 1.807) is 0 Å². The molecule has 6 aliphatic rings. The van der Waals surface area contributed by atoms with Gasteiger partial charge >= 0.3 is 0 Å². The van der Waals surface area contributed by atoms with Gasteiger partial charge in [-0.25, -0.2) is 0 Å². The van der Waals surface area contributed by atoms with Crippen molar-refractivity contribution in [3.63, 3.8) is 0 Å². The summed E-state index contributed by atoms with van der Waals surface area (Å²) in [5.74, 6) is 0. The van der Waals surface area contributed by atoms with Crippen LogP contribution in [0.3, 0.4) is 0 Å². The Kier molecular flexibility index (Phi) is 7.74. The fraction of sp³-hybridized carbons (Fsp3) is 0.0400. The van der Waals surface area contributed by atoms with E-state index in [-0.39, 0.29) is 0 Å². The summed E-state index contributed by atoms with van der Waals surface area (Å²) in [5.41, 5.74) is 33.6. The summed E-state index contributed by atoms with van der Waals surface area (Å²) in [5, 5.41) is 0. The standard InChI is InChI=1S/C75H45N/c1-10-30-60-48(20-1)49-21-2-11-31-61(49)73(60)64-34-14-8-27-55(64)58-44-46(40-42-69(58)73)76(47-41-43-70-59(45-47)56-28-9-15-35-65(56)74(70)62-32-12-3-22-50(62)51-23-4-13-33-63(51)74)71-39-19-29-57-54-26-7-18-38-68(54)75(72(57)71)66-36-16-5-24-52(66)53-25-6-17-37-67(53)75/h1-45H. The van der Waals surface area contributed by atoms with E-state index in [0.29, 0.717) is 0 Å². The zero-order valence-corrected chi connectivity index (χ0v) is 41.4. The number of hydrogen-bond acceptors (Lipinski definition) is 1. The van der Waals surface area contributed by atoms with E-state index < -0.39 is 16.2 Å². The van der Waals surface area contributed by atoms with Gasteiger partial charge in [-0.2, -0.15) is 0 Å². The van der Waals surface area contributed by atoms with E-state index >= 15 is 0 Å². The third-order valence-electron chi connectivity index (χ3n) is 18.7. The monoisotopic (exact) mass is 959 g/mol. The molecule has 0 saturated heterocycles. The molecule has 0 radical (unpaired) electrons. The Morgan fingerprint density at radius 3 is 0.737 bits per heavy atom. The van der Waals surface area contributed by atoms with Gasteiger partial charge in [0.05, 0.1) is 21.9 Å². The predicted molar refractivity (Wildman–Crippen MR) is 310 cm³/mol. The first-order valence-electron chi connectivity index (χ1n) is 26.8. The van der Waals surface area contributed by atoms with Gasteiger partial charge in [0.1, 0.15) is 0 Å². The van der Waals surface area contributed by atoms with Crippen molar-refractivity contribution in [2.45, 2.75) is 16.2 Å². The minimum atomic E-state index is -0.566. The lowest BCUT2D eigenvalue weighted by Gasteiger charge is -2.36. The van der Waals surface area contributed by atoms with Crippen LogP contribution in [-0.4, -0.2) is 0 Å². The Morgan fingerprint density at radius 1 is 0.184 bits per heavy atom. The second-order valence-electron chi connectivity index (χ2n) is 21.7. The zero-order chi connectivity index (χ0) is 49.5. The molecule has 0 heterocycles. The van der Waals surface area contributed by atoms with E-state index in [0.717, 1.165) is 11.4 Å². The molecule has 18 rings (SSSR count). The van der Waals surface area contributed by atoms with Gasteiger partial charge < -0.3 is 4.90 Å². The van der Waals surface area contributed by atoms with Crippen LogP contribution in [-0.2, 0) is 16.2 Å². The third-order valence-corrected chi connectivity index (χ3v) is 18.7. The van der Waals surface area contributed by atoms with Crippen molar-refractivity contribution in [1.82, 2.24) is 0 Å². The molecule has 350 valence electrons. The quantitative estimate of drug-likeness (QED) is 0.171. The average molecular weight is 960 g/mol. The fourth-order valence-electron chi connectivity index (χ4n) is 16.2. The Balaban J connectivity index is 0.945. The van der Waals surface area contributed by atoms with Crippen LogP contribution < -0.4 is 4.90 Å². The third kappa shape index (κ3) is 4.60.